The summed E-state index contributed by atoms with van der Waals surface area (Å²) in [5.41, 5.74) is 1.14. The molecule has 1 saturated heterocycles. The topological polar surface area (TPSA) is 61.9 Å². The van der Waals surface area contributed by atoms with Crippen LogP contribution in [0.1, 0.15) is 11.6 Å². The summed E-state index contributed by atoms with van der Waals surface area (Å²) in [6.45, 7) is 4.08. The Labute approximate surface area is 169 Å². The summed E-state index contributed by atoms with van der Waals surface area (Å²) < 4.78 is 33.4. The van der Waals surface area contributed by atoms with Crippen molar-refractivity contribution in [2.75, 3.05) is 46.9 Å². The maximum Gasteiger partial charge on any atom is 0.240 e. The van der Waals surface area contributed by atoms with Crippen molar-refractivity contribution in [3.63, 3.8) is 0 Å². The number of likely N-dealkylation sites (N-methyl/N-ethyl adjacent to an activating group) is 1. The van der Waals surface area contributed by atoms with Crippen LogP contribution in [0.2, 0.25) is 5.02 Å². The van der Waals surface area contributed by atoms with E-state index in [1.54, 1.807) is 17.4 Å². The average Bonchev–Trinajstić information content (AvgIpc) is 3.17. The first kappa shape index (κ1) is 20.6. The molecular formula is C18H24ClN3O3S2. The summed E-state index contributed by atoms with van der Waals surface area (Å²) in [7, 11) is -0.0676. The first-order valence-corrected chi connectivity index (χ1v) is 11.5. The molecule has 0 unspecified atom stereocenters. The van der Waals surface area contributed by atoms with Gasteiger partial charge in [-0.15, -0.1) is 0 Å². The highest BCUT2D eigenvalue weighted by Gasteiger charge is 2.26. The van der Waals surface area contributed by atoms with Crippen LogP contribution in [0.3, 0.4) is 0 Å². The number of sulfonamides is 1. The molecule has 0 spiro atoms. The SMILES string of the molecule is COc1ccc(S(=O)(=O)NC[C@H](c2ccsc2)N2CCN(C)CC2)cc1Cl. The number of hydrogen-bond acceptors (Lipinski definition) is 6. The van der Waals surface area contributed by atoms with E-state index in [9.17, 15) is 8.42 Å². The third-order valence-electron chi connectivity index (χ3n) is 4.81. The Morgan fingerprint density at radius 1 is 1.26 bits per heavy atom. The third-order valence-corrected chi connectivity index (χ3v) is 7.22. The Kier molecular flexibility index (Phi) is 6.78. The Hall–Kier alpha value is -1.16. The molecule has 0 aliphatic carbocycles. The summed E-state index contributed by atoms with van der Waals surface area (Å²) in [6, 6.07) is 6.55. The molecule has 3 rings (SSSR count). The van der Waals surface area contributed by atoms with Crippen molar-refractivity contribution in [1.82, 2.24) is 14.5 Å². The van der Waals surface area contributed by atoms with E-state index in [1.165, 1.54) is 19.2 Å². The van der Waals surface area contributed by atoms with E-state index in [2.05, 4.69) is 33.0 Å². The Morgan fingerprint density at radius 3 is 2.59 bits per heavy atom. The molecule has 1 aliphatic heterocycles. The number of hydrogen-bond donors (Lipinski definition) is 1. The van der Waals surface area contributed by atoms with Crippen molar-refractivity contribution in [3.05, 3.63) is 45.6 Å². The van der Waals surface area contributed by atoms with Gasteiger partial charge in [0.1, 0.15) is 5.75 Å². The van der Waals surface area contributed by atoms with Gasteiger partial charge in [-0.05, 0) is 47.6 Å². The van der Waals surface area contributed by atoms with Crippen LogP contribution in [0, 0.1) is 0 Å². The zero-order chi connectivity index (χ0) is 19.4. The minimum Gasteiger partial charge on any atom is -0.495 e. The fourth-order valence-electron chi connectivity index (χ4n) is 3.14. The quantitative estimate of drug-likeness (QED) is 0.733. The fourth-order valence-corrected chi connectivity index (χ4v) is 5.24. The van der Waals surface area contributed by atoms with Gasteiger partial charge in [-0.25, -0.2) is 13.1 Å². The lowest BCUT2D eigenvalue weighted by Gasteiger charge is -2.37. The third kappa shape index (κ3) is 5.01. The van der Waals surface area contributed by atoms with Crippen LogP contribution in [0.4, 0.5) is 0 Å². The first-order chi connectivity index (χ1) is 12.9. The van der Waals surface area contributed by atoms with E-state index in [4.69, 9.17) is 16.3 Å². The molecule has 2 heterocycles. The lowest BCUT2D eigenvalue weighted by atomic mass is 10.1. The van der Waals surface area contributed by atoms with Crippen LogP contribution >= 0.6 is 22.9 Å². The molecule has 9 heteroatoms. The fraction of sp³-hybridized carbons (Fsp3) is 0.444. The lowest BCUT2D eigenvalue weighted by molar-refractivity contribution is 0.113. The molecule has 148 valence electrons. The first-order valence-electron chi connectivity index (χ1n) is 8.68. The van der Waals surface area contributed by atoms with Gasteiger partial charge in [-0.1, -0.05) is 11.6 Å². The van der Waals surface area contributed by atoms with E-state index in [-0.39, 0.29) is 16.0 Å². The van der Waals surface area contributed by atoms with Gasteiger partial charge in [0.25, 0.3) is 0 Å². The molecule has 1 atom stereocenters. The molecule has 1 N–H and O–H groups in total. The summed E-state index contributed by atoms with van der Waals surface area (Å²) in [6.07, 6.45) is 0. The molecule has 27 heavy (non-hydrogen) atoms. The zero-order valence-corrected chi connectivity index (χ0v) is 17.8. The van der Waals surface area contributed by atoms with E-state index in [1.807, 2.05) is 5.38 Å². The van der Waals surface area contributed by atoms with Crippen molar-refractivity contribution in [1.29, 1.82) is 0 Å². The number of halogens is 1. The molecule has 0 saturated carbocycles. The van der Waals surface area contributed by atoms with Crippen LogP contribution in [-0.2, 0) is 10.0 Å². The second-order valence-corrected chi connectivity index (χ2v) is 9.51. The van der Waals surface area contributed by atoms with E-state index in [0.29, 0.717) is 12.3 Å². The van der Waals surface area contributed by atoms with Crippen molar-refractivity contribution in [3.8, 4) is 5.75 Å². The van der Waals surface area contributed by atoms with Crippen molar-refractivity contribution in [2.45, 2.75) is 10.9 Å². The van der Waals surface area contributed by atoms with Crippen LogP contribution < -0.4 is 9.46 Å². The maximum absolute atomic E-state index is 12.8. The van der Waals surface area contributed by atoms with Crippen LogP contribution in [0.25, 0.3) is 0 Å². The van der Waals surface area contributed by atoms with Crippen LogP contribution in [0.15, 0.2) is 39.9 Å². The van der Waals surface area contributed by atoms with Crippen molar-refractivity contribution >= 4 is 33.0 Å². The number of nitrogens with one attached hydrogen (secondary N) is 1. The zero-order valence-electron chi connectivity index (χ0n) is 15.4. The number of ether oxygens (including phenoxy) is 1. The average molecular weight is 430 g/mol. The summed E-state index contributed by atoms with van der Waals surface area (Å²) in [5.74, 6) is 0.448. The smallest absolute Gasteiger partial charge is 0.240 e. The summed E-state index contributed by atoms with van der Waals surface area (Å²) in [5, 5.41) is 4.38. The van der Waals surface area contributed by atoms with Gasteiger partial charge < -0.3 is 9.64 Å². The van der Waals surface area contributed by atoms with Crippen LogP contribution in [0.5, 0.6) is 5.75 Å². The van der Waals surface area contributed by atoms with Gasteiger partial charge in [-0.3, -0.25) is 4.90 Å². The predicted octanol–water partition coefficient (Wildman–Crippen LogP) is 2.68. The molecule has 0 bridgehead atoms. The molecule has 0 amide bonds. The molecule has 1 aromatic carbocycles. The lowest BCUT2D eigenvalue weighted by Crippen LogP contribution is -2.48. The minimum atomic E-state index is -3.67. The van der Waals surface area contributed by atoms with Gasteiger partial charge >= 0.3 is 0 Å². The van der Waals surface area contributed by atoms with Crippen molar-refractivity contribution in [2.24, 2.45) is 0 Å². The maximum atomic E-state index is 12.8. The number of thiophene rings is 1. The van der Waals surface area contributed by atoms with Gasteiger partial charge in [0.15, 0.2) is 0 Å². The monoisotopic (exact) mass is 429 g/mol. The minimum absolute atomic E-state index is 0.00782. The molecule has 2 aromatic rings. The molecule has 1 aliphatic rings. The number of methoxy groups -OCH3 is 1. The highest BCUT2D eigenvalue weighted by Crippen LogP contribution is 2.28. The highest BCUT2D eigenvalue weighted by molar-refractivity contribution is 7.89. The Balaban J connectivity index is 1.75. The van der Waals surface area contributed by atoms with Crippen molar-refractivity contribution < 1.29 is 13.2 Å². The molecule has 6 nitrogen and oxygen atoms in total. The van der Waals surface area contributed by atoms with E-state index >= 15 is 0 Å². The largest absolute Gasteiger partial charge is 0.495 e. The summed E-state index contributed by atoms with van der Waals surface area (Å²) >= 11 is 7.71. The molecule has 1 aromatic heterocycles. The number of rotatable bonds is 7. The standard InChI is InChI=1S/C18H24ClN3O3S2/c1-21-6-8-22(9-7-21)17(14-5-10-26-13-14)12-20-27(23,24)15-3-4-18(25-2)16(19)11-15/h3-5,10-11,13,17,20H,6-9,12H2,1-2H3/t17-/m1/s1. The van der Waals surface area contributed by atoms with Gasteiger partial charge in [-0.2, -0.15) is 11.3 Å². The predicted molar refractivity (Wildman–Crippen MR) is 109 cm³/mol. The Bertz CT molecular complexity index is 851. The van der Waals surface area contributed by atoms with Gasteiger partial charge in [0, 0.05) is 38.8 Å². The summed E-state index contributed by atoms with van der Waals surface area (Å²) in [4.78, 5) is 4.76. The molecule has 1 fully saturated rings. The number of nitrogens with zero attached hydrogens (tertiary/aromatic N) is 2. The second-order valence-electron chi connectivity index (χ2n) is 6.56. The number of benzene rings is 1. The van der Waals surface area contributed by atoms with Crippen LogP contribution in [-0.4, -0.2) is 65.1 Å². The highest BCUT2D eigenvalue weighted by atomic mass is 35.5. The van der Waals surface area contributed by atoms with Gasteiger partial charge in [0.05, 0.1) is 17.0 Å². The van der Waals surface area contributed by atoms with E-state index < -0.39 is 10.0 Å². The number of piperazine rings is 1. The molecule has 0 radical (unpaired) electrons. The van der Waals surface area contributed by atoms with E-state index in [0.717, 1.165) is 31.7 Å². The second kappa shape index (κ2) is 8.89. The molecular weight excluding hydrogens is 406 g/mol. The van der Waals surface area contributed by atoms with Gasteiger partial charge in [0.2, 0.25) is 10.0 Å². The normalized spacial score (nSPS) is 17.7. The Morgan fingerprint density at radius 2 is 2.00 bits per heavy atom.